The van der Waals surface area contributed by atoms with Crippen molar-refractivity contribution < 1.29 is 28.6 Å². The average molecular weight is 627 g/mol. The maximum Gasteiger partial charge on any atom is 0.296 e. The molecule has 0 saturated heterocycles. The minimum atomic E-state index is -1.01. The summed E-state index contributed by atoms with van der Waals surface area (Å²) in [6.45, 7) is 8.00. The smallest absolute Gasteiger partial charge is 0.296 e. The number of aromatic nitrogens is 3. The van der Waals surface area contributed by atoms with Gasteiger partial charge in [0.25, 0.3) is 5.91 Å². The van der Waals surface area contributed by atoms with E-state index < -0.39 is 23.5 Å². The van der Waals surface area contributed by atoms with E-state index in [1.54, 1.807) is 44.2 Å². The summed E-state index contributed by atoms with van der Waals surface area (Å²) in [4.78, 5) is 33.5. The summed E-state index contributed by atoms with van der Waals surface area (Å²) in [5, 5.41) is 20.6. The minimum absolute atomic E-state index is 0.0749. The van der Waals surface area contributed by atoms with E-state index in [4.69, 9.17) is 9.47 Å². The van der Waals surface area contributed by atoms with E-state index in [1.165, 1.54) is 40.1 Å². The summed E-state index contributed by atoms with van der Waals surface area (Å²) in [6.07, 6.45) is 0. The molecule has 0 saturated carbocycles. The molecule has 0 spiro atoms. The second-order valence-corrected chi connectivity index (χ2v) is 12.5. The van der Waals surface area contributed by atoms with E-state index in [0.717, 1.165) is 16.9 Å². The Hall–Kier alpha value is -3.81. The van der Waals surface area contributed by atoms with Gasteiger partial charge in [-0.3, -0.25) is 14.5 Å². The van der Waals surface area contributed by atoms with Gasteiger partial charge < -0.3 is 14.6 Å². The molecule has 0 radical (unpaired) electrons. The van der Waals surface area contributed by atoms with Gasteiger partial charge in [-0.1, -0.05) is 41.3 Å². The Labute approximate surface area is 254 Å². The molecule has 1 aliphatic rings. The summed E-state index contributed by atoms with van der Waals surface area (Å²) in [7, 11) is 0. The van der Waals surface area contributed by atoms with Crippen LogP contribution in [0.15, 0.2) is 58.1 Å². The fourth-order valence-corrected chi connectivity index (χ4v) is 7.23. The summed E-state index contributed by atoms with van der Waals surface area (Å²) in [5.41, 5.74) is 1.87. The van der Waals surface area contributed by atoms with E-state index >= 15 is 0 Å². The van der Waals surface area contributed by atoms with Crippen LogP contribution in [0, 0.1) is 19.7 Å². The third kappa shape index (κ3) is 5.90. The molecule has 0 bridgehead atoms. The zero-order chi connectivity index (χ0) is 30.0. The lowest BCUT2D eigenvalue weighted by molar-refractivity contribution is -0.117. The Morgan fingerprint density at radius 3 is 2.43 bits per heavy atom. The minimum Gasteiger partial charge on any atom is -0.503 e. The number of ketones is 1. The van der Waals surface area contributed by atoms with Gasteiger partial charge in [0.05, 0.1) is 40.4 Å². The van der Waals surface area contributed by atoms with Crippen LogP contribution in [0.25, 0.3) is 0 Å². The molecule has 4 aromatic rings. The Bertz CT molecular complexity index is 1670. The fraction of sp³-hybridized carbons (Fsp3) is 0.276. The Kier molecular flexibility index (Phi) is 8.90. The molecule has 3 heterocycles. The van der Waals surface area contributed by atoms with Gasteiger partial charge in [0, 0.05) is 5.75 Å². The number of carbonyl (C=O) groups is 2. The Balaban J connectivity index is 1.55. The number of benzene rings is 2. The Morgan fingerprint density at radius 2 is 1.76 bits per heavy atom. The van der Waals surface area contributed by atoms with E-state index in [2.05, 4.69) is 15.2 Å². The predicted octanol–water partition coefficient (Wildman–Crippen LogP) is 6.62. The largest absolute Gasteiger partial charge is 0.503 e. The zero-order valence-corrected chi connectivity index (χ0v) is 25.7. The number of aliphatic hydroxyl groups excluding tert-OH is 1. The average Bonchev–Trinajstić information content (AvgIpc) is 3.64. The standard InChI is InChI=1S/C29H27FN4O5S3/c1-5-38-20-12-9-18(13-21(20)39-6-2)23-22(24(35)26-15(3)31-16(4)41-26)25(36)27(37)34(23)28-32-33-29(42-28)40-14-17-7-10-19(30)11-8-17/h7-13,23,36H,5-6,14H2,1-4H3. The van der Waals surface area contributed by atoms with Gasteiger partial charge in [-0.15, -0.1) is 21.5 Å². The van der Waals surface area contributed by atoms with E-state index in [9.17, 15) is 19.1 Å². The Morgan fingerprint density at radius 1 is 1.05 bits per heavy atom. The quantitative estimate of drug-likeness (QED) is 0.111. The fourth-order valence-electron chi connectivity index (χ4n) is 4.54. The lowest BCUT2D eigenvalue weighted by Crippen LogP contribution is -2.31. The van der Waals surface area contributed by atoms with Crippen molar-refractivity contribution in [1.29, 1.82) is 0 Å². The molecule has 5 rings (SSSR count). The molecule has 1 unspecified atom stereocenters. The highest BCUT2D eigenvalue weighted by Gasteiger charge is 2.47. The first-order valence-electron chi connectivity index (χ1n) is 13.1. The van der Waals surface area contributed by atoms with Crippen LogP contribution in [-0.4, -0.2) is 45.2 Å². The third-order valence-corrected chi connectivity index (χ3v) is 9.52. The molecule has 9 nitrogen and oxygen atoms in total. The highest BCUT2D eigenvalue weighted by Crippen LogP contribution is 2.46. The van der Waals surface area contributed by atoms with Gasteiger partial charge in [0.15, 0.2) is 21.6 Å². The molecule has 2 aromatic carbocycles. The van der Waals surface area contributed by atoms with Crippen molar-refractivity contribution >= 4 is 51.3 Å². The summed E-state index contributed by atoms with van der Waals surface area (Å²) in [6, 6.07) is 10.3. The number of rotatable bonds is 11. The van der Waals surface area contributed by atoms with Crippen molar-refractivity contribution in [2.24, 2.45) is 0 Å². The molecule has 13 heteroatoms. The van der Waals surface area contributed by atoms with Crippen molar-refractivity contribution in [3.8, 4) is 11.5 Å². The molecule has 1 N–H and O–H groups in total. The number of halogens is 1. The van der Waals surface area contributed by atoms with Crippen molar-refractivity contribution in [2.45, 2.75) is 43.8 Å². The number of hydrogen-bond donors (Lipinski definition) is 1. The van der Waals surface area contributed by atoms with Crippen molar-refractivity contribution in [3.63, 3.8) is 0 Å². The number of ether oxygens (including phenoxy) is 2. The SMILES string of the molecule is CCOc1ccc(C2C(C(=O)c3sc(C)nc3C)=C(O)C(=O)N2c2nnc(SCc3ccc(F)cc3)s2)cc1OCC. The molecule has 218 valence electrons. The number of Topliss-reactive ketones (excluding diaryl/α,β-unsaturated/α-hetero) is 1. The van der Waals surface area contributed by atoms with Crippen LogP contribution in [0.3, 0.4) is 0 Å². The van der Waals surface area contributed by atoms with Crippen LogP contribution in [-0.2, 0) is 10.5 Å². The molecule has 1 atom stereocenters. The lowest BCUT2D eigenvalue weighted by atomic mass is 9.95. The molecule has 2 aromatic heterocycles. The molecule has 1 amide bonds. The van der Waals surface area contributed by atoms with Crippen LogP contribution >= 0.6 is 34.4 Å². The van der Waals surface area contributed by atoms with Crippen LogP contribution in [0.2, 0.25) is 0 Å². The number of thioether (sulfide) groups is 1. The topological polar surface area (TPSA) is 115 Å². The van der Waals surface area contributed by atoms with Crippen LogP contribution in [0.4, 0.5) is 9.52 Å². The third-order valence-electron chi connectivity index (χ3n) is 6.32. The number of aliphatic hydroxyl groups is 1. The molecular weight excluding hydrogens is 600 g/mol. The van der Waals surface area contributed by atoms with Crippen LogP contribution in [0.1, 0.15) is 51.4 Å². The van der Waals surface area contributed by atoms with Crippen molar-refractivity contribution in [1.82, 2.24) is 15.2 Å². The first-order chi connectivity index (χ1) is 20.2. The highest BCUT2D eigenvalue weighted by atomic mass is 32.2. The number of amides is 1. The number of aryl methyl sites for hydroxylation is 2. The van der Waals surface area contributed by atoms with Gasteiger partial charge in [-0.25, -0.2) is 9.37 Å². The first kappa shape index (κ1) is 29.7. The maximum atomic E-state index is 13.9. The lowest BCUT2D eigenvalue weighted by Gasteiger charge is -2.25. The van der Waals surface area contributed by atoms with E-state index in [0.29, 0.717) is 55.9 Å². The number of thiazole rings is 1. The van der Waals surface area contributed by atoms with Gasteiger partial charge >= 0.3 is 0 Å². The van der Waals surface area contributed by atoms with Crippen LogP contribution in [0.5, 0.6) is 11.5 Å². The zero-order valence-electron chi connectivity index (χ0n) is 23.2. The normalized spacial score (nSPS) is 15.0. The van der Waals surface area contributed by atoms with Gasteiger partial charge in [0.1, 0.15) is 5.82 Å². The van der Waals surface area contributed by atoms with E-state index in [1.807, 2.05) is 13.8 Å². The van der Waals surface area contributed by atoms with Crippen LogP contribution < -0.4 is 14.4 Å². The summed E-state index contributed by atoms with van der Waals surface area (Å²) >= 11 is 3.74. The van der Waals surface area contributed by atoms with Crippen molar-refractivity contribution in [3.05, 3.63) is 86.3 Å². The van der Waals surface area contributed by atoms with E-state index in [-0.39, 0.29) is 16.5 Å². The van der Waals surface area contributed by atoms with Gasteiger partial charge in [-0.2, -0.15) is 0 Å². The van der Waals surface area contributed by atoms with Gasteiger partial charge in [0.2, 0.25) is 10.9 Å². The second-order valence-electron chi connectivity index (χ2n) is 9.15. The summed E-state index contributed by atoms with van der Waals surface area (Å²) < 4.78 is 25.4. The molecular formula is C29H27FN4O5S3. The number of anilines is 1. The van der Waals surface area contributed by atoms with Crippen molar-refractivity contribution in [2.75, 3.05) is 18.1 Å². The number of carbonyl (C=O) groups excluding carboxylic acids is 2. The molecule has 0 aliphatic carbocycles. The highest BCUT2D eigenvalue weighted by molar-refractivity contribution is 8.00. The van der Waals surface area contributed by atoms with Gasteiger partial charge in [-0.05, 0) is 63.1 Å². The maximum absolute atomic E-state index is 13.9. The summed E-state index contributed by atoms with van der Waals surface area (Å²) in [5.74, 6) is -0.745. The second kappa shape index (κ2) is 12.6. The predicted molar refractivity (Wildman–Crippen MR) is 160 cm³/mol. The monoisotopic (exact) mass is 626 g/mol. The first-order valence-corrected chi connectivity index (χ1v) is 15.7. The molecule has 0 fully saturated rings. The number of nitrogens with zero attached hydrogens (tertiary/aromatic N) is 4. The molecule has 1 aliphatic heterocycles. The molecule has 42 heavy (non-hydrogen) atoms. The number of hydrogen-bond acceptors (Lipinski definition) is 11.